The maximum absolute atomic E-state index is 13.7. The lowest BCUT2D eigenvalue weighted by Gasteiger charge is -2.48. The Bertz CT molecular complexity index is 1910. The van der Waals surface area contributed by atoms with Crippen LogP contribution in [0.15, 0.2) is 0 Å². The average molecular weight is 1330 g/mol. The van der Waals surface area contributed by atoms with E-state index in [1.807, 2.05) is 0 Å². The van der Waals surface area contributed by atoms with Crippen molar-refractivity contribution in [2.75, 3.05) is 26.4 Å². The van der Waals surface area contributed by atoms with Crippen molar-refractivity contribution in [1.29, 1.82) is 0 Å². The van der Waals surface area contributed by atoms with Crippen LogP contribution in [0.1, 0.15) is 233 Å². The van der Waals surface area contributed by atoms with Gasteiger partial charge in [0.25, 0.3) is 0 Å². The SMILES string of the molecule is CCCCCCCCCCCCCCCCCCC[C@@H](O)C(=O)N[C@@H](CO[C@H]1O[C@H](CO)[C@H](O)[C@H](O)[C@H]1O[C@H]1O[C@H](CO[C@@H]2O[C@H](CO)[C@H](O)[C@H](O[C@@H]3O[C@@H](C)[C@H](O)[C@@H](O)[C@H]3O)[C@H]2NC(C)=O)[C@H](O)[C@H](O)[C@H]1O)[C@H](O)[C@H](O)CCCCCCCCCCCCCCC. The third-order valence-corrected chi connectivity index (χ3v) is 18.6. The normalized spacial score (nSPS) is 33.3. The molecule has 0 spiro atoms. The average Bonchev–Trinajstić information content (AvgIpc) is 0.810. The Balaban J connectivity index is 1.41. The molecule has 0 unspecified atom stereocenters. The number of amides is 2. The Labute approximate surface area is 546 Å². The van der Waals surface area contributed by atoms with E-state index in [0.29, 0.717) is 12.8 Å². The first-order valence-electron chi connectivity index (χ1n) is 35.3. The van der Waals surface area contributed by atoms with Gasteiger partial charge in [-0.25, -0.2) is 0 Å². The molecule has 0 saturated carbocycles. The van der Waals surface area contributed by atoms with Crippen LogP contribution in [0.5, 0.6) is 0 Å². The van der Waals surface area contributed by atoms with E-state index in [0.717, 1.165) is 64.7 Å². The van der Waals surface area contributed by atoms with Crippen LogP contribution in [0.2, 0.25) is 0 Å². The van der Waals surface area contributed by atoms with Crippen LogP contribution in [0.25, 0.3) is 0 Å². The standard InChI is InChI=1S/C66H124N2O24/c1-5-7-9-11-13-15-17-19-20-21-22-24-26-28-30-32-34-36-45(73)62(84)68-43(51(75)44(72)35-33-31-29-27-25-23-18-16-14-12-10-8-6-2)39-85-66-61(57(81)52(76)46(37-69)89-66)92-65-59(83)56(80)53(77)48(90-65)40-86-63-49(67-42(4)71)60(54(78)47(38-70)88-63)91-64-58(82)55(79)50(74)41(3)87-64/h41,43-61,63-66,69-70,72-83H,5-40H2,1-4H3,(H,67,71)(H,68,84)/t41-,43-,44+,45+,46+,47+,48+,49+,50-,51-,52-,53-,54-,55+,56-,57-,58+,59+,60+,61+,63+,64-,65+,66-/m0/s1. The summed E-state index contributed by atoms with van der Waals surface area (Å²) >= 11 is 0. The summed E-state index contributed by atoms with van der Waals surface area (Å²) < 4.78 is 47.1. The van der Waals surface area contributed by atoms with Gasteiger partial charge in [0.2, 0.25) is 11.8 Å². The molecule has 0 aromatic carbocycles. The highest BCUT2D eigenvalue weighted by Crippen LogP contribution is 2.34. The van der Waals surface area contributed by atoms with Crippen molar-refractivity contribution in [3.63, 3.8) is 0 Å². The molecule has 26 nitrogen and oxygen atoms in total. The van der Waals surface area contributed by atoms with Gasteiger partial charge in [-0.05, 0) is 19.8 Å². The molecule has 24 atom stereocenters. The molecule has 4 saturated heterocycles. The van der Waals surface area contributed by atoms with Crippen molar-refractivity contribution < 1.29 is 119 Å². The zero-order valence-corrected chi connectivity index (χ0v) is 55.7. The van der Waals surface area contributed by atoms with Crippen LogP contribution < -0.4 is 10.6 Å². The highest BCUT2D eigenvalue weighted by molar-refractivity contribution is 5.80. The zero-order chi connectivity index (χ0) is 67.5. The van der Waals surface area contributed by atoms with Crippen LogP contribution in [0.3, 0.4) is 0 Å². The highest BCUT2D eigenvalue weighted by Gasteiger charge is 2.54. The van der Waals surface area contributed by atoms with E-state index in [9.17, 15) is 81.1 Å². The number of nitrogens with one attached hydrogen (secondary N) is 2. The van der Waals surface area contributed by atoms with Gasteiger partial charge in [0.1, 0.15) is 104 Å². The van der Waals surface area contributed by atoms with E-state index in [4.69, 9.17) is 37.9 Å². The first kappa shape index (κ1) is 82.5. The topological polar surface area (TPSA) is 415 Å². The van der Waals surface area contributed by atoms with Crippen LogP contribution in [0, 0.1) is 0 Å². The number of hydrogen-bond donors (Lipinski definition) is 16. The number of rotatable bonds is 49. The minimum atomic E-state index is -2.10. The number of unbranched alkanes of at least 4 members (excludes halogenated alkanes) is 28. The smallest absolute Gasteiger partial charge is 0.249 e. The maximum Gasteiger partial charge on any atom is 0.249 e. The fourth-order valence-electron chi connectivity index (χ4n) is 12.6. The second-order valence-corrected chi connectivity index (χ2v) is 26.4. The van der Waals surface area contributed by atoms with Gasteiger partial charge >= 0.3 is 0 Å². The predicted octanol–water partition coefficient (Wildman–Crippen LogP) is 2.54. The minimum absolute atomic E-state index is 0.124. The van der Waals surface area contributed by atoms with E-state index < -0.39 is 185 Å². The molecule has 0 aromatic heterocycles. The number of aliphatic hydroxyl groups excluding tert-OH is 14. The molecular weight excluding hydrogens is 1200 g/mol. The van der Waals surface area contributed by atoms with Crippen molar-refractivity contribution in [3.05, 3.63) is 0 Å². The van der Waals surface area contributed by atoms with Crippen molar-refractivity contribution in [2.24, 2.45) is 0 Å². The molecular formula is C66H124N2O24. The highest BCUT2D eigenvalue weighted by atomic mass is 16.8. The third-order valence-electron chi connectivity index (χ3n) is 18.6. The van der Waals surface area contributed by atoms with Crippen LogP contribution in [0.4, 0.5) is 0 Å². The molecule has 542 valence electrons. The Morgan fingerprint density at radius 3 is 1.32 bits per heavy atom. The number of carbonyl (C=O) groups is 2. The van der Waals surface area contributed by atoms with Crippen LogP contribution in [-0.2, 0) is 47.5 Å². The lowest BCUT2D eigenvalue weighted by Crippen LogP contribution is -2.68. The first-order valence-corrected chi connectivity index (χ1v) is 35.3. The summed E-state index contributed by atoms with van der Waals surface area (Å²) in [5.41, 5.74) is 0. The van der Waals surface area contributed by atoms with Crippen LogP contribution in [-0.4, -0.2) is 257 Å². The molecule has 4 aliphatic rings. The van der Waals surface area contributed by atoms with Crippen molar-refractivity contribution in [3.8, 4) is 0 Å². The lowest BCUT2D eigenvalue weighted by atomic mass is 9.95. The summed E-state index contributed by atoms with van der Waals surface area (Å²) in [5.74, 6) is -1.55. The van der Waals surface area contributed by atoms with Crippen molar-refractivity contribution in [1.82, 2.24) is 10.6 Å². The molecule has 26 heteroatoms. The largest absolute Gasteiger partial charge is 0.394 e. The molecule has 92 heavy (non-hydrogen) atoms. The third kappa shape index (κ3) is 28.1. The molecule has 4 heterocycles. The summed E-state index contributed by atoms with van der Waals surface area (Å²) in [5, 5.41) is 159. The number of hydrogen-bond acceptors (Lipinski definition) is 24. The summed E-state index contributed by atoms with van der Waals surface area (Å²) in [6.45, 7) is 3.78. The fourth-order valence-corrected chi connectivity index (χ4v) is 12.6. The summed E-state index contributed by atoms with van der Waals surface area (Å²) in [7, 11) is 0. The van der Waals surface area contributed by atoms with E-state index >= 15 is 0 Å². The molecule has 0 bridgehead atoms. The van der Waals surface area contributed by atoms with E-state index in [1.165, 1.54) is 129 Å². The molecule has 2 amide bonds. The maximum atomic E-state index is 13.7. The van der Waals surface area contributed by atoms with Gasteiger partial charge in [-0.2, -0.15) is 0 Å². The summed E-state index contributed by atoms with van der Waals surface area (Å²) in [6.07, 6.45) is -3.35. The van der Waals surface area contributed by atoms with Crippen LogP contribution >= 0.6 is 0 Å². The van der Waals surface area contributed by atoms with Crippen molar-refractivity contribution >= 4 is 11.8 Å². The Morgan fingerprint density at radius 1 is 0.435 bits per heavy atom. The molecule has 16 N–H and O–H groups in total. The second-order valence-electron chi connectivity index (χ2n) is 26.4. The lowest BCUT2D eigenvalue weighted by molar-refractivity contribution is -0.373. The van der Waals surface area contributed by atoms with Gasteiger partial charge in [-0.3, -0.25) is 9.59 Å². The van der Waals surface area contributed by atoms with E-state index in [-0.39, 0.29) is 12.8 Å². The van der Waals surface area contributed by atoms with E-state index in [1.54, 1.807) is 0 Å². The summed E-state index contributed by atoms with van der Waals surface area (Å²) in [6, 6.07) is -2.93. The van der Waals surface area contributed by atoms with Gasteiger partial charge in [0.05, 0.1) is 44.7 Å². The summed E-state index contributed by atoms with van der Waals surface area (Å²) in [4.78, 5) is 26.3. The Morgan fingerprint density at radius 2 is 0.837 bits per heavy atom. The molecule has 0 aromatic rings. The zero-order valence-electron chi connectivity index (χ0n) is 55.7. The number of ether oxygens (including phenoxy) is 8. The van der Waals surface area contributed by atoms with Gasteiger partial charge in [0.15, 0.2) is 25.2 Å². The Kier molecular flexibility index (Phi) is 41.6. The Hall–Kier alpha value is -1.94. The van der Waals surface area contributed by atoms with Gasteiger partial charge in [0, 0.05) is 6.92 Å². The second kappa shape index (κ2) is 46.4. The predicted molar refractivity (Wildman–Crippen MR) is 337 cm³/mol. The van der Waals surface area contributed by atoms with E-state index in [2.05, 4.69) is 24.5 Å². The molecule has 0 radical (unpaired) electrons. The molecule has 4 aliphatic heterocycles. The number of carbonyl (C=O) groups excluding carboxylic acids is 2. The van der Waals surface area contributed by atoms with Gasteiger partial charge in [-0.1, -0.05) is 206 Å². The minimum Gasteiger partial charge on any atom is -0.394 e. The van der Waals surface area contributed by atoms with Gasteiger partial charge in [-0.15, -0.1) is 0 Å². The molecule has 4 fully saturated rings. The molecule has 0 aliphatic carbocycles. The fraction of sp³-hybridized carbons (Fsp3) is 0.970. The first-order chi connectivity index (χ1) is 44.2. The quantitative estimate of drug-likeness (QED) is 0.0389. The molecule has 4 rings (SSSR count). The monoisotopic (exact) mass is 1330 g/mol. The van der Waals surface area contributed by atoms with Crippen molar-refractivity contribution in [2.45, 2.75) is 380 Å². The van der Waals surface area contributed by atoms with Gasteiger partial charge < -0.3 is 120 Å². The number of aliphatic hydroxyl groups is 14.